The monoisotopic (exact) mass is 392 g/mol. The second-order valence-electron chi connectivity index (χ2n) is 6.00. The van der Waals surface area contributed by atoms with Crippen LogP contribution in [0.15, 0.2) is 48.5 Å². The molecular weight excluding hydrogens is 371 g/mol. The maximum absolute atomic E-state index is 12.9. The number of hydrogen-bond acceptors (Lipinski definition) is 2. The van der Waals surface area contributed by atoms with Crippen LogP contribution in [0.5, 0.6) is 0 Å². The molecule has 0 bridgehead atoms. The van der Waals surface area contributed by atoms with Crippen LogP contribution >= 0.6 is 23.2 Å². The van der Waals surface area contributed by atoms with E-state index < -0.39 is 0 Å². The predicted octanol–water partition coefficient (Wildman–Crippen LogP) is 4.87. The summed E-state index contributed by atoms with van der Waals surface area (Å²) in [5.41, 5.74) is 8.68. The first-order valence-corrected chi connectivity index (χ1v) is 9.53. The third-order valence-corrected chi connectivity index (χ3v) is 4.63. The summed E-state index contributed by atoms with van der Waals surface area (Å²) in [5.74, 6) is 0.465. The van der Waals surface area contributed by atoms with Crippen molar-refractivity contribution in [2.75, 3.05) is 4.90 Å². The van der Waals surface area contributed by atoms with Crippen LogP contribution in [0, 0.1) is 0 Å². The number of halogens is 2. The Balaban J connectivity index is 2.21. The Bertz CT molecular complexity index is 683. The van der Waals surface area contributed by atoms with Crippen LogP contribution in [0.3, 0.4) is 0 Å². The van der Waals surface area contributed by atoms with Crippen molar-refractivity contribution in [1.82, 2.24) is 0 Å². The molecule has 2 aromatic rings. The molecule has 0 aliphatic carbocycles. The standard InChI is InChI=1S/C20H22Cl2N2O2/c21-13-15-5-9-17(10-6-15)24(18-11-7-16(14-22)8-12-18)20(26)4-2-1-3-19(23)25/h5-12H,1-4,13-14H2,(H2,23,25). The van der Waals surface area contributed by atoms with Gasteiger partial charge in [-0.2, -0.15) is 0 Å². The van der Waals surface area contributed by atoms with Crippen LogP contribution in [0.2, 0.25) is 0 Å². The highest BCUT2D eigenvalue weighted by molar-refractivity contribution is 6.17. The third kappa shape index (κ3) is 5.75. The topological polar surface area (TPSA) is 63.4 Å². The smallest absolute Gasteiger partial charge is 0.231 e. The summed E-state index contributed by atoms with van der Waals surface area (Å²) in [6.07, 6.45) is 1.84. The maximum Gasteiger partial charge on any atom is 0.231 e. The first-order valence-electron chi connectivity index (χ1n) is 8.46. The second kappa shape index (κ2) is 10.2. The SMILES string of the molecule is NC(=O)CCCCC(=O)N(c1ccc(CCl)cc1)c1ccc(CCl)cc1. The van der Waals surface area contributed by atoms with Crippen LogP contribution in [-0.4, -0.2) is 11.8 Å². The molecule has 2 aromatic carbocycles. The van der Waals surface area contributed by atoms with E-state index in [2.05, 4.69) is 0 Å². The lowest BCUT2D eigenvalue weighted by Gasteiger charge is -2.23. The van der Waals surface area contributed by atoms with Gasteiger partial charge in [-0.1, -0.05) is 24.3 Å². The van der Waals surface area contributed by atoms with E-state index in [4.69, 9.17) is 28.9 Å². The Hall–Kier alpha value is -2.04. The Morgan fingerprint density at radius 2 is 1.19 bits per heavy atom. The average Bonchev–Trinajstić information content (AvgIpc) is 2.66. The third-order valence-electron chi connectivity index (χ3n) is 4.01. The molecule has 138 valence electrons. The summed E-state index contributed by atoms with van der Waals surface area (Å²) >= 11 is 11.7. The normalized spacial score (nSPS) is 10.5. The molecule has 2 N–H and O–H groups in total. The highest BCUT2D eigenvalue weighted by atomic mass is 35.5. The van der Waals surface area contributed by atoms with Crippen LogP contribution in [0.4, 0.5) is 11.4 Å². The molecule has 0 aliphatic rings. The van der Waals surface area contributed by atoms with Crippen molar-refractivity contribution in [3.8, 4) is 0 Å². The minimum Gasteiger partial charge on any atom is -0.370 e. The number of benzene rings is 2. The van der Waals surface area contributed by atoms with Crippen molar-refractivity contribution < 1.29 is 9.59 Å². The van der Waals surface area contributed by atoms with Crippen LogP contribution in [0.25, 0.3) is 0 Å². The highest BCUT2D eigenvalue weighted by Gasteiger charge is 2.18. The zero-order valence-electron chi connectivity index (χ0n) is 14.5. The van der Waals surface area contributed by atoms with Gasteiger partial charge in [0.15, 0.2) is 0 Å². The summed E-state index contributed by atoms with van der Waals surface area (Å²) in [7, 11) is 0. The van der Waals surface area contributed by atoms with E-state index >= 15 is 0 Å². The van der Waals surface area contributed by atoms with Crippen molar-refractivity contribution in [3.05, 3.63) is 59.7 Å². The van der Waals surface area contributed by atoms with Gasteiger partial charge in [0.2, 0.25) is 11.8 Å². The zero-order chi connectivity index (χ0) is 18.9. The number of rotatable bonds is 9. The van der Waals surface area contributed by atoms with Gasteiger partial charge in [-0.05, 0) is 48.2 Å². The Morgan fingerprint density at radius 1 is 0.769 bits per heavy atom. The molecule has 0 fully saturated rings. The van der Waals surface area contributed by atoms with Gasteiger partial charge in [-0.3, -0.25) is 14.5 Å². The number of primary amides is 1. The first-order chi connectivity index (χ1) is 12.5. The Kier molecular flexibility index (Phi) is 7.95. The van der Waals surface area contributed by atoms with Crippen molar-refractivity contribution >= 4 is 46.4 Å². The van der Waals surface area contributed by atoms with Crippen molar-refractivity contribution in [2.24, 2.45) is 5.73 Å². The molecule has 0 aliphatic heterocycles. The molecule has 0 radical (unpaired) electrons. The van der Waals surface area contributed by atoms with Gasteiger partial charge in [0.25, 0.3) is 0 Å². The lowest BCUT2D eigenvalue weighted by atomic mass is 10.1. The van der Waals surface area contributed by atoms with Crippen molar-refractivity contribution in [2.45, 2.75) is 37.4 Å². The number of hydrogen-bond donors (Lipinski definition) is 1. The lowest BCUT2D eigenvalue weighted by molar-refractivity contribution is -0.119. The van der Waals surface area contributed by atoms with Crippen LogP contribution < -0.4 is 10.6 Å². The number of carbonyl (C=O) groups is 2. The van der Waals surface area contributed by atoms with E-state index in [1.165, 1.54) is 0 Å². The Labute approximate surface area is 163 Å². The largest absolute Gasteiger partial charge is 0.370 e. The molecule has 26 heavy (non-hydrogen) atoms. The lowest BCUT2D eigenvalue weighted by Crippen LogP contribution is -2.25. The van der Waals surface area contributed by atoms with E-state index in [-0.39, 0.29) is 11.8 Å². The average molecular weight is 393 g/mol. The van der Waals surface area contributed by atoms with Crippen LogP contribution in [-0.2, 0) is 21.3 Å². The minimum atomic E-state index is -0.345. The number of carbonyl (C=O) groups excluding carboxylic acids is 2. The van der Waals surface area contributed by atoms with Gasteiger partial charge < -0.3 is 5.73 Å². The van der Waals surface area contributed by atoms with Gasteiger partial charge in [0.1, 0.15) is 0 Å². The fourth-order valence-electron chi connectivity index (χ4n) is 2.59. The van der Waals surface area contributed by atoms with Gasteiger partial charge in [0.05, 0.1) is 0 Å². The molecule has 4 nitrogen and oxygen atoms in total. The van der Waals surface area contributed by atoms with Gasteiger partial charge in [-0.25, -0.2) is 0 Å². The molecule has 2 amide bonds. The molecule has 0 saturated heterocycles. The molecule has 0 saturated carbocycles. The van der Waals surface area contributed by atoms with E-state index in [0.29, 0.717) is 37.4 Å². The minimum absolute atomic E-state index is 0.0354. The summed E-state index contributed by atoms with van der Waals surface area (Å²) in [4.78, 5) is 25.4. The number of nitrogens with zero attached hydrogens (tertiary/aromatic N) is 1. The van der Waals surface area contributed by atoms with Crippen molar-refractivity contribution in [3.63, 3.8) is 0 Å². The fourth-order valence-corrected chi connectivity index (χ4v) is 2.95. The summed E-state index contributed by atoms with van der Waals surface area (Å²) in [6, 6.07) is 15.2. The number of anilines is 2. The zero-order valence-corrected chi connectivity index (χ0v) is 16.0. The molecule has 0 unspecified atom stereocenters. The van der Waals surface area contributed by atoms with E-state index in [9.17, 15) is 9.59 Å². The van der Waals surface area contributed by atoms with Gasteiger partial charge >= 0.3 is 0 Å². The summed E-state index contributed by atoms with van der Waals surface area (Å²) in [6.45, 7) is 0. The quantitative estimate of drug-likeness (QED) is 0.488. The van der Waals surface area contributed by atoms with E-state index in [1.807, 2.05) is 48.5 Å². The number of nitrogens with two attached hydrogens (primary N) is 1. The second-order valence-corrected chi connectivity index (χ2v) is 6.54. The fraction of sp³-hybridized carbons (Fsp3) is 0.300. The summed E-state index contributed by atoms with van der Waals surface area (Å²) < 4.78 is 0. The maximum atomic E-state index is 12.9. The molecule has 0 atom stereocenters. The molecule has 0 heterocycles. The molecule has 0 spiro atoms. The summed E-state index contributed by atoms with van der Waals surface area (Å²) in [5, 5.41) is 0. The molecular formula is C20H22Cl2N2O2. The number of unbranched alkanes of at least 4 members (excludes halogenated alkanes) is 1. The van der Waals surface area contributed by atoms with Gasteiger partial charge in [-0.15, -0.1) is 23.2 Å². The Morgan fingerprint density at radius 3 is 1.58 bits per heavy atom. The first kappa shape index (κ1) is 20.3. The molecule has 6 heteroatoms. The number of amides is 2. The van der Waals surface area contributed by atoms with E-state index in [0.717, 1.165) is 22.5 Å². The molecule has 0 aromatic heterocycles. The van der Waals surface area contributed by atoms with Gasteiger partial charge in [0, 0.05) is 36.0 Å². The number of alkyl halides is 2. The van der Waals surface area contributed by atoms with Crippen LogP contribution in [0.1, 0.15) is 36.8 Å². The van der Waals surface area contributed by atoms with E-state index in [1.54, 1.807) is 4.90 Å². The predicted molar refractivity (Wildman–Crippen MR) is 107 cm³/mol. The molecule has 2 rings (SSSR count). The van der Waals surface area contributed by atoms with Crippen molar-refractivity contribution in [1.29, 1.82) is 0 Å². The highest BCUT2D eigenvalue weighted by Crippen LogP contribution is 2.28.